The van der Waals surface area contributed by atoms with Crippen LogP contribution in [0.5, 0.6) is 5.75 Å². The number of methoxy groups -OCH3 is 1. The average Bonchev–Trinajstić information content (AvgIpc) is 2.36. The lowest BCUT2D eigenvalue weighted by molar-refractivity contribution is 0.408. The van der Waals surface area contributed by atoms with E-state index >= 15 is 0 Å². The van der Waals surface area contributed by atoms with E-state index in [4.69, 9.17) is 4.74 Å². The molecule has 1 fully saturated rings. The van der Waals surface area contributed by atoms with Crippen molar-refractivity contribution in [1.82, 2.24) is 0 Å². The first-order valence-electron chi connectivity index (χ1n) is 6.54. The molecule has 0 atom stereocenters. The Hall–Kier alpha value is -1.23. The van der Waals surface area contributed by atoms with Gasteiger partial charge >= 0.3 is 0 Å². The van der Waals surface area contributed by atoms with E-state index in [1.165, 1.54) is 0 Å². The summed E-state index contributed by atoms with van der Waals surface area (Å²) in [5.74, 6) is 1.47. The van der Waals surface area contributed by atoms with Crippen LogP contribution in [0.4, 0.5) is 5.69 Å². The van der Waals surface area contributed by atoms with Crippen molar-refractivity contribution in [2.75, 3.05) is 23.9 Å². The predicted molar refractivity (Wildman–Crippen MR) is 77.8 cm³/mol. The predicted octanol–water partition coefficient (Wildman–Crippen LogP) is 2.30. The highest BCUT2D eigenvalue weighted by Crippen LogP contribution is 2.30. The van der Waals surface area contributed by atoms with Crippen molar-refractivity contribution in [3.8, 4) is 5.75 Å². The van der Waals surface area contributed by atoms with Crippen molar-refractivity contribution in [2.24, 2.45) is 0 Å². The molecule has 19 heavy (non-hydrogen) atoms. The van der Waals surface area contributed by atoms with Crippen LogP contribution in [-0.2, 0) is 9.84 Å². The number of ether oxygens (including phenoxy) is 1. The van der Waals surface area contributed by atoms with Crippen LogP contribution in [0.25, 0.3) is 0 Å². The summed E-state index contributed by atoms with van der Waals surface area (Å²) in [5.41, 5.74) is 3.22. The first-order valence-corrected chi connectivity index (χ1v) is 8.36. The Morgan fingerprint density at radius 2 is 1.84 bits per heavy atom. The molecule has 0 radical (unpaired) electrons. The third-order valence-electron chi connectivity index (χ3n) is 3.72. The molecule has 1 aromatic rings. The lowest BCUT2D eigenvalue weighted by Gasteiger charge is -2.25. The molecule has 1 saturated heterocycles. The minimum atomic E-state index is -2.80. The second-order valence-electron chi connectivity index (χ2n) is 5.16. The Morgan fingerprint density at radius 1 is 1.21 bits per heavy atom. The Labute approximate surface area is 115 Å². The smallest absolute Gasteiger partial charge is 0.150 e. The Balaban J connectivity index is 2.12. The minimum absolute atomic E-state index is 0.231. The van der Waals surface area contributed by atoms with Gasteiger partial charge in [-0.05, 0) is 38.3 Å². The van der Waals surface area contributed by atoms with Crippen LogP contribution in [0.15, 0.2) is 12.1 Å². The second-order valence-corrected chi connectivity index (χ2v) is 7.46. The lowest BCUT2D eigenvalue weighted by atomic mass is 10.1. The van der Waals surface area contributed by atoms with Crippen molar-refractivity contribution in [2.45, 2.75) is 32.7 Å². The molecule has 0 amide bonds. The van der Waals surface area contributed by atoms with Gasteiger partial charge in [-0.1, -0.05) is 6.07 Å². The number of hydrogen-bond acceptors (Lipinski definition) is 4. The number of nitrogens with one attached hydrogen (secondary N) is 1. The normalized spacial score (nSPS) is 19.1. The summed E-state index contributed by atoms with van der Waals surface area (Å²) in [6, 6.07) is 4.29. The topological polar surface area (TPSA) is 55.4 Å². The number of hydrogen-bond donors (Lipinski definition) is 1. The molecule has 1 N–H and O–H groups in total. The van der Waals surface area contributed by atoms with E-state index in [1.54, 1.807) is 7.11 Å². The SMILES string of the molecule is COc1c(C)ccc(NC2CCS(=O)(=O)CC2)c1C. The summed E-state index contributed by atoms with van der Waals surface area (Å²) in [6.07, 6.45) is 1.36. The summed E-state index contributed by atoms with van der Waals surface area (Å²) >= 11 is 0. The maximum Gasteiger partial charge on any atom is 0.150 e. The van der Waals surface area contributed by atoms with Gasteiger partial charge in [-0.3, -0.25) is 0 Å². The molecule has 0 aliphatic carbocycles. The van der Waals surface area contributed by atoms with E-state index in [0.717, 1.165) is 22.6 Å². The zero-order chi connectivity index (χ0) is 14.0. The van der Waals surface area contributed by atoms with E-state index in [2.05, 4.69) is 5.32 Å². The van der Waals surface area contributed by atoms with Gasteiger partial charge in [0.25, 0.3) is 0 Å². The summed E-state index contributed by atoms with van der Waals surface area (Å²) < 4.78 is 28.2. The van der Waals surface area contributed by atoms with E-state index < -0.39 is 9.84 Å². The van der Waals surface area contributed by atoms with Crippen LogP contribution < -0.4 is 10.1 Å². The van der Waals surface area contributed by atoms with Crippen LogP contribution in [0.1, 0.15) is 24.0 Å². The van der Waals surface area contributed by atoms with Crippen molar-refractivity contribution < 1.29 is 13.2 Å². The molecule has 4 nitrogen and oxygen atoms in total. The Morgan fingerprint density at radius 3 is 2.42 bits per heavy atom. The molecular weight excluding hydrogens is 262 g/mol. The van der Waals surface area contributed by atoms with Gasteiger partial charge in [0.15, 0.2) is 0 Å². The molecule has 1 aliphatic heterocycles. The first kappa shape index (κ1) is 14.2. The fourth-order valence-corrected chi connectivity index (χ4v) is 4.04. The molecule has 1 aromatic carbocycles. The van der Waals surface area contributed by atoms with Crippen LogP contribution in [0.3, 0.4) is 0 Å². The zero-order valence-corrected chi connectivity index (χ0v) is 12.5. The largest absolute Gasteiger partial charge is 0.496 e. The van der Waals surface area contributed by atoms with E-state index in [1.807, 2.05) is 26.0 Å². The van der Waals surface area contributed by atoms with Crippen molar-refractivity contribution in [1.29, 1.82) is 0 Å². The highest BCUT2D eigenvalue weighted by atomic mass is 32.2. The van der Waals surface area contributed by atoms with Gasteiger partial charge in [0.1, 0.15) is 15.6 Å². The summed E-state index contributed by atoms with van der Waals surface area (Å²) in [6.45, 7) is 4.04. The fourth-order valence-electron chi connectivity index (χ4n) is 2.55. The molecule has 0 aromatic heterocycles. The summed E-state index contributed by atoms with van der Waals surface area (Å²) in [7, 11) is -1.13. The molecule has 0 bridgehead atoms. The van der Waals surface area contributed by atoms with Crippen LogP contribution in [-0.4, -0.2) is 33.1 Å². The lowest BCUT2D eigenvalue weighted by Crippen LogP contribution is -2.32. The van der Waals surface area contributed by atoms with Gasteiger partial charge in [0.2, 0.25) is 0 Å². The third kappa shape index (κ3) is 3.21. The van der Waals surface area contributed by atoms with Crippen LogP contribution in [0.2, 0.25) is 0 Å². The third-order valence-corrected chi connectivity index (χ3v) is 5.44. The quantitative estimate of drug-likeness (QED) is 0.925. The molecule has 2 rings (SSSR count). The van der Waals surface area contributed by atoms with Crippen LogP contribution >= 0.6 is 0 Å². The van der Waals surface area contributed by atoms with Crippen LogP contribution in [0, 0.1) is 13.8 Å². The number of anilines is 1. The second kappa shape index (κ2) is 5.41. The number of sulfone groups is 1. The molecule has 1 aliphatic rings. The zero-order valence-electron chi connectivity index (χ0n) is 11.7. The monoisotopic (exact) mass is 283 g/mol. The maximum absolute atomic E-state index is 11.4. The van der Waals surface area contributed by atoms with E-state index in [-0.39, 0.29) is 17.5 Å². The summed E-state index contributed by atoms with van der Waals surface area (Å²) in [5, 5.41) is 3.44. The first-order chi connectivity index (χ1) is 8.93. The van der Waals surface area contributed by atoms with Gasteiger partial charge < -0.3 is 10.1 Å². The van der Waals surface area contributed by atoms with E-state index in [0.29, 0.717) is 12.8 Å². The highest BCUT2D eigenvalue weighted by Gasteiger charge is 2.24. The van der Waals surface area contributed by atoms with Gasteiger partial charge in [0, 0.05) is 17.3 Å². The average molecular weight is 283 g/mol. The van der Waals surface area contributed by atoms with Crippen molar-refractivity contribution in [3.05, 3.63) is 23.3 Å². The standard InChI is InChI=1S/C14H21NO3S/c1-10-4-5-13(11(2)14(10)18-3)15-12-6-8-19(16,17)9-7-12/h4-5,12,15H,6-9H2,1-3H3. The highest BCUT2D eigenvalue weighted by molar-refractivity contribution is 7.91. The molecule has 5 heteroatoms. The molecule has 0 unspecified atom stereocenters. The van der Waals surface area contributed by atoms with Crippen molar-refractivity contribution >= 4 is 15.5 Å². The van der Waals surface area contributed by atoms with Gasteiger partial charge in [-0.2, -0.15) is 0 Å². The molecule has 0 spiro atoms. The maximum atomic E-state index is 11.4. The minimum Gasteiger partial charge on any atom is -0.496 e. The van der Waals surface area contributed by atoms with E-state index in [9.17, 15) is 8.42 Å². The molecule has 1 heterocycles. The Kier molecular flexibility index (Phi) is 4.04. The number of rotatable bonds is 3. The number of benzene rings is 1. The number of aryl methyl sites for hydroxylation is 1. The molecular formula is C14H21NO3S. The molecule has 106 valence electrons. The Bertz CT molecular complexity index is 552. The van der Waals surface area contributed by atoms with Gasteiger partial charge in [-0.15, -0.1) is 0 Å². The molecule has 0 saturated carbocycles. The van der Waals surface area contributed by atoms with Gasteiger partial charge in [0.05, 0.1) is 18.6 Å². The van der Waals surface area contributed by atoms with Gasteiger partial charge in [-0.25, -0.2) is 8.42 Å². The van der Waals surface area contributed by atoms with Crippen molar-refractivity contribution in [3.63, 3.8) is 0 Å². The fraction of sp³-hybridized carbons (Fsp3) is 0.571. The summed E-state index contributed by atoms with van der Waals surface area (Å²) in [4.78, 5) is 0.